The fourth-order valence-corrected chi connectivity index (χ4v) is 3.16. The SMILES string of the molecule is Cc1ccc(CN2Cc3ccnn3CCC2COc2ncccn2)o1. The lowest BCUT2D eigenvalue weighted by Crippen LogP contribution is -2.38. The monoisotopic (exact) mass is 339 g/mol. The normalized spacial score (nSPS) is 17.9. The average molecular weight is 339 g/mol. The van der Waals surface area contributed by atoms with Gasteiger partial charge in [-0.3, -0.25) is 9.58 Å². The van der Waals surface area contributed by atoms with Crippen molar-refractivity contribution >= 4 is 0 Å². The van der Waals surface area contributed by atoms with Gasteiger partial charge in [0.15, 0.2) is 0 Å². The standard InChI is InChI=1S/C18H21N5O2/c1-14-3-4-17(25-14)12-22-11-15-5-9-21-23(15)10-6-16(22)13-24-18-19-7-2-8-20-18/h2-5,7-9,16H,6,10-13H2,1H3. The highest BCUT2D eigenvalue weighted by Gasteiger charge is 2.26. The number of rotatable bonds is 5. The van der Waals surface area contributed by atoms with Crippen LogP contribution in [-0.4, -0.2) is 37.3 Å². The first kappa shape index (κ1) is 15.8. The van der Waals surface area contributed by atoms with Crippen LogP contribution in [0.25, 0.3) is 0 Å². The predicted molar refractivity (Wildman–Crippen MR) is 90.9 cm³/mol. The van der Waals surface area contributed by atoms with Crippen molar-refractivity contribution in [3.8, 4) is 6.01 Å². The molecule has 1 aliphatic heterocycles. The number of ether oxygens (including phenoxy) is 1. The Morgan fingerprint density at radius 1 is 1.20 bits per heavy atom. The van der Waals surface area contributed by atoms with Gasteiger partial charge in [-0.2, -0.15) is 5.10 Å². The molecule has 0 amide bonds. The Morgan fingerprint density at radius 2 is 2.08 bits per heavy atom. The van der Waals surface area contributed by atoms with E-state index in [4.69, 9.17) is 9.15 Å². The molecular formula is C18H21N5O2. The molecule has 0 aromatic carbocycles. The molecule has 25 heavy (non-hydrogen) atoms. The molecule has 130 valence electrons. The van der Waals surface area contributed by atoms with Crippen LogP contribution in [0.15, 0.2) is 47.3 Å². The lowest BCUT2D eigenvalue weighted by molar-refractivity contribution is 0.106. The smallest absolute Gasteiger partial charge is 0.316 e. The van der Waals surface area contributed by atoms with Crippen LogP contribution in [0.2, 0.25) is 0 Å². The lowest BCUT2D eigenvalue weighted by Gasteiger charge is -2.28. The summed E-state index contributed by atoms with van der Waals surface area (Å²) in [4.78, 5) is 10.7. The largest absolute Gasteiger partial charge is 0.465 e. The van der Waals surface area contributed by atoms with Gasteiger partial charge in [0.2, 0.25) is 0 Å². The summed E-state index contributed by atoms with van der Waals surface area (Å²) in [6, 6.07) is 8.54. The number of hydrogen-bond donors (Lipinski definition) is 0. The first-order valence-electron chi connectivity index (χ1n) is 8.48. The first-order valence-corrected chi connectivity index (χ1v) is 8.48. The topological polar surface area (TPSA) is 69.2 Å². The molecule has 4 rings (SSSR count). The van der Waals surface area contributed by atoms with Crippen LogP contribution in [0.4, 0.5) is 0 Å². The fourth-order valence-electron chi connectivity index (χ4n) is 3.16. The van der Waals surface area contributed by atoms with E-state index >= 15 is 0 Å². The van der Waals surface area contributed by atoms with E-state index in [1.54, 1.807) is 18.5 Å². The van der Waals surface area contributed by atoms with Crippen molar-refractivity contribution in [1.82, 2.24) is 24.6 Å². The maximum absolute atomic E-state index is 5.83. The molecule has 1 unspecified atom stereocenters. The average Bonchev–Trinajstić information content (AvgIpc) is 3.21. The molecule has 0 fully saturated rings. The molecule has 1 aliphatic rings. The van der Waals surface area contributed by atoms with Crippen molar-refractivity contribution in [3.05, 3.63) is 60.1 Å². The Labute approximate surface area is 146 Å². The predicted octanol–water partition coefficient (Wildman–Crippen LogP) is 2.43. The van der Waals surface area contributed by atoms with Gasteiger partial charge in [0.25, 0.3) is 0 Å². The third kappa shape index (κ3) is 3.71. The molecular weight excluding hydrogens is 318 g/mol. The highest BCUT2D eigenvalue weighted by atomic mass is 16.5. The van der Waals surface area contributed by atoms with Crippen LogP contribution in [0.3, 0.4) is 0 Å². The highest BCUT2D eigenvalue weighted by Crippen LogP contribution is 2.21. The maximum atomic E-state index is 5.83. The van der Waals surface area contributed by atoms with Gasteiger partial charge < -0.3 is 9.15 Å². The summed E-state index contributed by atoms with van der Waals surface area (Å²) in [6.45, 7) is 4.93. The summed E-state index contributed by atoms with van der Waals surface area (Å²) < 4.78 is 13.7. The van der Waals surface area contributed by atoms with Crippen LogP contribution in [0.5, 0.6) is 6.01 Å². The highest BCUT2D eigenvalue weighted by molar-refractivity contribution is 5.08. The Kier molecular flexibility index (Phi) is 4.47. The van der Waals surface area contributed by atoms with Crippen LogP contribution in [-0.2, 0) is 19.6 Å². The van der Waals surface area contributed by atoms with E-state index < -0.39 is 0 Å². The molecule has 0 spiro atoms. The molecule has 0 saturated heterocycles. The molecule has 0 N–H and O–H groups in total. The Bertz CT molecular complexity index is 814. The summed E-state index contributed by atoms with van der Waals surface area (Å²) in [5.74, 6) is 1.90. The molecule has 4 heterocycles. The molecule has 1 atom stereocenters. The van der Waals surface area contributed by atoms with E-state index in [1.807, 2.05) is 25.3 Å². The van der Waals surface area contributed by atoms with E-state index in [1.165, 1.54) is 5.69 Å². The van der Waals surface area contributed by atoms with E-state index in [0.29, 0.717) is 12.6 Å². The quantitative estimate of drug-likeness (QED) is 0.711. The van der Waals surface area contributed by atoms with E-state index in [9.17, 15) is 0 Å². The van der Waals surface area contributed by atoms with Gasteiger partial charge in [-0.15, -0.1) is 0 Å². The van der Waals surface area contributed by atoms with Crippen molar-refractivity contribution in [1.29, 1.82) is 0 Å². The fraction of sp³-hybridized carbons (Fsp3) is 0.389. The van der Waals surface area contributed by atoms with Gasteiger partial charge in [0.05, 0.1) is 12.2 Å². The Hall–Kier alpha value is -2.67. The minimum Gasteiger partial charge on any atom is -0.465 e. The zero-order chi connectivity index (χ0) is 17.1. The van der Waals surface area contributed by atoms with Crippen LogP contribution >= 0.6 is 0 Å². The molecule has 0 bridgehead atoms. The zero-order valence-electron chi connectivity index (χ0n) is 14.2. The van der Waals surface area contributed by atoms with Gasteiger partial charge >= 0.3 is 6.01 Å². The molecule has 7 nitrogen and oxygen atoms in total. The third-order valence-electron chi connectivity index (χ3n) is 4.46. The number of hydrogen-bond acceptors (Lipinski definition) is 6. The molecule has 0 aliphatic carbocycles. The van der Waals surface area contributed by atoms with Gasteiger partial charge in [0.1, 0.15) is 18.1 Å². The Morgan fingerprint density at radius 3 is 2.88 bits per heavy atom. The zero-order valence-corrected chi connectivity index (χ0v) is 14.2. The van der Waals surface area contributed by atoms with Crippen molar-refractivity contribution in [2.75, 3.05) is 6.61 Å². The van der Waals surface area contributed by atoms with E-state index in [2.05, 4.69) is 30.7 Å². The molecule has 3 aromatic rings. The summed E-state index contributed by atoms with van der Waals surface area (Å²) >= 11 is 0. The molecule has 0 saturated carbocycles. The summed E-state index contributed by atoms with van der Waals surface area (Å²) in [5, 5.41) is 4.42. The van der Waals surface area contributed by atoms with Crippen LogP contribution in [0.1, 0.15) is 23.6 Å². The van der Waals surface area contributed by atoms with Crippen LogP contribution in [0, 0.1) is 6.92 Å². The first-order chi connectivity index (χ1) is 12.3. The minimum atomic E-state index is 0.232. The number of nitrogens with zero attached hydrogens (tertiary/aromatic N) is 5. The number of aryl methyl sites for hydroxylation is 2. The van der Waals surface area contributed by atoms with Gasteiger partial charge in [-0.05, 0) is 37.6 Å². The van der Waals surface area contributed by atoms with E-state index in [0.717, 1.165) is 37.6 Å². The van der Waals surface area contributed by atoms with Gasteiger partial charge in [-0.25, -0.2) is 9.97 Å². The minimum absolute atomic E-state index is 0.232. The second kappa shape index (κ2) is 7.06. The van der Waals surface area contributed by atoms with E-state index in [-0.39, 0.29) is 6.04 Å². The lowest BCUT2D eigenvalue weighted by atomic mass is 10.2. The number of aromatic nitrogens is 4. The van der Waals surface area contributed by atoms with Crippen molar-refractivity contribution in [3.63, 3.8) is 0 Å². The summed E-state index contributed by atoms with van der Waals surface area (Å²) in [7, 11) is 0. The number of fused-ring (bicyclic) bond motifs is 1. The van der Waals surface area contributed by atoms with Crippen molar-refractivity contribution in [2.45, 2.75) is 39.0 Å². The van der Waals surface area contributed by atoms with Crippen molar-refractivity contribution in [2.24, 2.45) is 0 Å². The van der Waals surface area contributed by atoms with Gasteiger partial charge in [-0.1, -0.05) is 0 Å². The third-order valence-corrected chi connectivity index (χ3v) is 4.46. The maximum Gasteiger partial charge on any atom is 0.316 e. The second-order valence-corrected chi connectivity index (χ2v) is 6.25. The van der Waals surface area contributed by atoms with Gasteiger partial charge in [0, 0.05) is 37.7 Å². The summed E-state index contributed by atoms with van der Waals surface area (Å²) in [6.07, 6.45) is 6.18. The molecule has 0 radical (unpaired) electrons. The van der Waals surface area contributed by atoms with Crippen LogP contribution < -0.4 is 4.74 Å². The molecule has 7 heteroatoms. The Balaban J connectivity index is 1.50. The number of furan rings is 1. The molecule has 3 aromatic heterocycles. The second-order valence-electron chi connectivity index (χ2n) is 6.25. The summed E-state index contributed by atoms with van der Waals surface area (Å²) in [5.41, 5.74) is 1.21. The van der Waals surface area contributed by atoms with Crippen molar-refractivity contribution < 1.29 is 9.15 Å².